The summed E-state index contributed by atoms with van der Waals surface area (Å²) in [5.74, 6) is 0.260. The Morgan fingerprint density at radius 2 is 1.95 bits per heavy atom. The quantitative estimate of drug-likeness (QED) is 0.762. The predicted octanol–water partition coefficient (Wildman–Crippen LogP) is 4.07. The molecule has 0 radical (unpaired) electrons. The van der Waals surface area contributed by atoms with Crippen LogP contribution in [0.4, 0.5) is 0 Å². The molecule has 0 amide bonds. The molecule has 0 saturated carbocycles. The summed E-state index contributed by atoms with van der Waals surface area (Å²) in [5.41, 5.74) is 10.2. The van der Waals surface area contributed by atoms with Crippen LogP contribution in [0.15, 0.2) is 42.6 Å². The molecule has 0 aliphatic carbocycles. The second-order valence-electron chi connectivity index (χ2n) is 5.47. The van der Waals surface area contributed by atoms with Crippen LogP contribution in [0.25, 0.3) is 10.9 Å². The zero-order valence-electron chi connectivity index (χ0n) is 12.5. The highest BCUT2D eigenvalue weighted by atomic mass is 35.5. The molecule has 4 heteroatoms. The van der Waals surface area contributed by atoms with Crippen LogP contribution in [0.3, 0.4) is 0 Å². The first kappa shape index (κ1) is 14.9. The van der Waals surface area contributed by atoms with Crippen molar-refractivity contribution in [1.82, 2.24) is 4.57 Å². The van der Waals surface area contributed by atoms with Crippen LogP contribution < -0.4 is 5.73 Å². The summed E-state index contributed by atoms with van der Waals surface area (Å²) < 4.78 is 2.15. The molecule has 0 saturated heterocycles. The Hall–Kier alpha value is -1.97. The van der Waals surface area contributed by atoms with Gasteiger partial charge in [0.25, 0.3) is 0 Å². The van der Waals surface area contributed by atoms with E-state index in [2.05, 4.69) is 23.6 Å². The summed E-state index contributed by atoms with van der Waals surface area (Å²) in [5, 5.41) is 11.5. The van der Waals surface area contributed by atoms with E-state index in [1.165, 1.54) is 0 Å². The van der Waals surface area contributed by atoms with Gasteiger partial charge in [-0.05, 0) is 47.4 Å². The Kier molecular flexibility index (Phi) is 4.10. The third kappa shape index (κ3) is 2.70. The molecule has 0 unspecified atom stereocenters. The fourth-order valence-electron chi connectivity index (χ4n) is 2.82. The van der Waals surface area contributed by atoms with Gasteiger partial charge in [-0.3, -0.25) is 0 Å². The molecule has 0 aliphatic heterocycles. The Balaban J connectivity index is 2.02. The maximum absolute atomic E-state index is 9.68. The van der Waals surface area contributed by atoms with Crippen LogP contribution in [0, 0.1) is 0 Å². The number of aromatic nitrogens is 1. The van der Waals surface area contributed by atoms with Crippen LogP contribution in [0.1, 0.15) is 23.6 Å². The van der Waals surface area contributed by atoms with E-state index < -0.39 is 0 Å². The number of rotatable bonds is 4. The number of aryl methyl sites for hydroxylation is 1. The van der Waals surface area contributed by atoms with E-state index in [9.17, 15) is 5.11 Å². The number of phenolic OH excluding ortho intramolecular Hbond substituents is 1. The monoisotopic (exact) mass is 314 g/mol. The standard InChI is InChI=1S/C18H19ClN2O/c1-2-13-4-3-12(7-17(13)19)10-21-11-14(9-20)16-8-15(22)5-6-18(16)21/h3-8,11,22H,2,9-10,20H2,1H3. The van der Waals surface area contributed by atoms with Crippen molar-refractivity contribution < 1.29 is 5.11 Å². The van der Waals surface area contributed by atoms with Gasteiger partial charge in [-0.15, -0.1) is 0 Å². The molecule has 2 aromatic carbocycles. The third-order valence-electron chi connectivity index (χ3n) is 4.02. The van der Waals surface area contributed by atoms with Gasteiger partial charge in [0.1, 0.15) is 5.75 Å². The van der Waals surface area contributed by atoms with Gasteiger partial charge in [0.05, 0.1) is 0 Å². The SMILES string of the molecule is CCc1ccc(Cn2cc(CN)c3cc(O)ccc32)cc1Cl. The van der Waals surface area contributed by atoms with E-state index in [-0.39, 0.29) is 5.75 Å². The first-order chi connectivity index (χ1) is 10.6. The lowest BCUT2D eigenvalue weighted by Gasteiger charge is -2.08. The van der Waals surface area contributed by atoms with Gasteiger partial charge in [0.15, 0.2) is 0 Å². The molecule has 0 spiro atoms. The summed E-state index contributed by atoms with van der Waals surface area (Å²) >= 11 is 6.30. The number of halogens is 1. The van der Waals surface area contributed by atoms with Crippen LogP contribution >= 0.6 is 11.6 Å². The second kappa shape index (κ2) is 6.03. The number of nitrogens with two attached hydrogens (primary N) is 1. The van der Waals surface area contributed by atoms with Crippen molar-refractivity contribution in [3.63, 3.8) is 0 Å². The minimum absolute atomic E-state index is 0.260. The maximum Gasteiger partial charge on any atom is 0.116 e. The normalized spacial score (nSPS) is 11.2. The molecule has 0 aliphatic rings. The first-order valence-corrected chi connectivity index (χ1v) is 7.78. The lowest BCUT2D eigenvalue weighted by molar-refractivity contribution is 0.476. The molecule has 114 valence electrons. The molecule has 0 fully saturated rings. The number of hydrogen-bond donors (Lipinski definition) is 2. The van der Waals surface area contributed by atoms with Crippen molar-refractivity contribution in [3.05, 3.63) is 64.3 Å². The molecule has 3 rings (SSSR count). The number of nitrogens with zero attached hydrogens (tertiary/aromatic N) is 1. The van der Waals surface area contributed by atoms with E-state index in [4.69, 9.17) is 17.3 Å². The molecule has 0 bridgehead atoms. The van der Waals surface area contributed by atoms with Crippen LogP contribution in [0.5, 0.6) is 5.75 Å². The summed E-state index contributed by atoms with van der Waals surface area (Å²) in [6.45, 7) is 3.27. The van der Waals surface area contributed by atoms with E-state index in [0.29, 0.717) is 6.54 Å². The predicted molar refractivity (Wildman–Crippen MR) is 91.4 cm³/mol. The molecular weight excluding hydrogens is 296 g/mol. The van der Waals surface area contributed by atoms with Crippen molar-refractivity contribution in [2.45, 2.75) is 26.4 Å². The van der Waals surface area contributed by atoms with Crippen LogP contribution in [0.2, 0.25) is 5.02 Å². The highest BCUT2D eigenvalue weighted by Crippen LogP contribution is 2.27. The highest BCUT2D eigenvalue weighted by molar-refractivity contribution is 6.31. The number of fused-ring (bicyclic) bond motifs is 1. The maximum atomic E-state index is 9.68. The van der Waals surface area contributed by atoms with Gasteiger partial charge in [0.2, 0.25) is 0 Å². The molecule has 22 heavy (non-hydrogen) atoms. The fourth-order valence-corrected chi connectivity index (χ4v) is 3.16. The minimum atomic E-state index is 0.260. The van der Waals surface area contributed by atoms with Crippen LogP contribution in [-0.4, -0.2) is 9.67 Å². The van der Waals surface area contributed by atoms with Crippen molar-refractivity contribution in [1.29, 1.82) is 0 Å². The van der Waals surface area contributed by atoms with Gasteiger partial charge >= 0.3 is 0 Å². The zero-order chi connectivity index (χ0) is 15.7. The lowest BCUT2D eigenvalue weighted by Crippen LogP contribution is -1.99. The highest BCUT2D eigenvalue weighted by Gasteiger charge is 2.09. The Labute approximate surface area is 134 Å². The zero-order valence-corrected chi connectivity index (χ0v) is 13.3. The fraction of sp³-hybridized carbons (Fsp3) is 0.222. The topological polar surface area (TPSA) is 51.2 Å². The molecule has 0 atom stereocenters. The Bertz CT molecular complexity index is 823. The van der Waals surface area contributed by atoms with Crippen LogP contribution in [-0.2, 0) is 19.5 Å². The van der Waals surface area contributed by atoms with Gasteiger partial charge in [-0.2, -0.15) is 0 Å². The Morgan fingerprint density at radius 3 is 2.64 bits per heavy atom. The van der Waals surface area contributed by atoms with Gasteiger partial charge < -0.3 is 15.4 Å². The molecule has 3 N–H and O–H groups in total. The van der Waals surface area contributed by atoms with Crippen molar-refractivity contribution in [3.8, 4) is 5.75 Å². The van der Waals surface area contributed by atoms with E-state index in [1.54, 1.807) is 12.1 Å². The smallest absolute Gasteiger partial charge is 0.116 e. The number of hydrogen-bond acceptors (Lipinski definition) is 2. The molecule has 1 aromatic heterocycles. The number of benzene rings is 2. The number of aromatic hydroxyl groups is 1. The molecule has 3 nitrogen and oxygen atoms in total. The first-order valence-electron chi connectivity index (χ1n) is 7.40. The second-order valence-corrected chi connectivity index (χ2v) is 5.87. The number of phenols is 1. The lowest BCUT2D eigenvalue weighted by atomic mass is 10.1. The summed E-state index contributed by atoms with van der Waals surface area (Å²) in [6.07, 6.45) is 2.98. The van der Waals surface area contributed by atoms with Crippen molar-refractivity contribution >= 4 is 22.5 Å². The van der Waals surface area contributed by atoms with E-state index >= 15 is 0 Å². The minimum Gasteiger partial charge on any atom is -0.508 e. The molecular formula is C18H19ClN2O. The third-order valence-corrected chi connectivity index (χ3v) is 4.37. The van der Waals surface area contributed by atoms with Gasteiger partial charge in [-0.1, -0.05) is 30.7 Å². The molecule has 3 aromatic rings. The molecule has 1 heterocycles. The van der Waals surface area contributed by atoms with Gasteiger partial charge in [-0.25, -0.2) is 0 Å². The average molecular weight is 315 g/mol. The Morgan fingerprint density at radius 1 is 1.14 bits per heavy atom. The van der Waals surface area contributed by atoms with Crippen molar-refractivity contribution in [2.24, 2.45) is 5.73 Å². The largest absolute Gasteiger partial charge is 0.508 e. The summed E-state index contributed by atoms with van der Waals surface area (Å²) in [7, 11) is 0. The summed E-state index contributed by atoms with van der Waals surface area (Å²) in [4.78, 5) is 0. The average Bonchev–Trinajstić information content (AvgIpc) is 2.84. The van der Waals surface area contributed by atoms with Gasteiger partial charge in [0, 0.05) is 35.2 Å². The van der Waals surface area contributed by atoms with E-state index in [1.807, 2.05) is 18.3 Å². The van der Waals surface area contributed by atoms with Crippen molar-refractivity contribution in [2.75, 3.05) is 0 Å². The summed E-state index contributed by atoms with van der Waals surface area (Å²) in [6, 6.07) is 11.6. The van der Waals surface area contributed by atoms with E-state index in [0.717, 1.165) is 45.6 Å².